The standard InChI is InChI=1S/C26H39N3O5/c1-26(2,3)34-25(32)28-18-13-21(14-19-28)12-17-27-15-5-16-29(24(27)31)22-9-6-20(7-10-22)8-11-23(30)33-4/h6-7,9-10,21H,5,8,11-19H2,1-4H3. The number of hydrogen-bond acceptors (Lipinski definition) is 5. The van der Waals surface area contributed by atoms with E-state index in [1.165, 1.54) is 7.11 Å². The minimum absolute atomic E-state index is 0.0553. The molecule has 2 fully saturated rings. The number of aryl methyl sites for hydroxylation is 1. The summed E-state index contributed by atoms with van der Waals surface area (Å²) in [5.41, 5.74) is 1.47. The first-order chi connectivity index (χ1) is 16.2. The van der Waals surface area contributed by atoms with E-state index in [2.05, 4.69) is 0 Å². The Labute approximate surface area is 203 Å². The lowest BCUT2D eigenvalue weighted by molar-refractivity contribution is -0.140. The lowest BCUT2D eigenvalue weighted by Gasteiger charge is -2.37. The molecule has 3 rings (SSSR count). The summed E-state index contributed by atoms with van der Waals surface area (Å²) in [7, 11) is 1.39. The monoisotopic (exact) mass is 473 g/mol. The second-order valence-electron chi connectivity index (χ2n) is 10.2. The fraction of sp³-hybridized carbons (Fsp3) is 0.654. The van der Waals surface area contributed by atoms with Gasteiger partial charge in [-0.05, 0) is 76.5 Å². The first-order valence-corrected chi connectivity index (χ1v) is 12.4. The number of methoxy groups -OCH3 is 1. The normalized spacial score (nSPS) is 17.6. The van der Waals surface area contributed by atoms with Gasteiger partial charge in [-0.25, -0.2) is 9.59 Å². The van der Waals surface area contributed by atoms with Gasteiger partial charge < -0.3 is 19.3 Å². The highest BCUT2D eigenvalue weighted by atomic mass is 16.6. The molecule has 0 aliphatic carbocycles. The van der Waals surface area contributed by atoms with Crippen LogP contribution in [-0.2, 0) is 20.7 Å². The Kier molecular flexibility index (Phi) is 8.80. The topological polar surface area (TPSA) is 79.4 Å². The van der Waals surface area contributed by atoms with Crippen molar-refractivity contribution in [3.05, 3.63) is 29.8 Å². The summed E-state index contributed by atoms with van der Waals surface area (Å²) in [5.74, 6) is 0.289. The predicted octanol–water partition coefficient (Wildman–Crippen LogP) is 4.46. The zero-order valence-electron chi connectivity index (χ0n) is 21.0. The van der Waals surface area contributed by atoms with Crippen molar-refractivity contribution in [1.29, 1.82) is 0 Å². The van der Waals surface area contributed by atoms with Gasteiger partial charge in [0.1, 0.15) is 5.60 Å². The van der Waals surface area contributed by atoms with Crippen LogP contribution < -0.4 is 4.90 Å². The summed E-state index contributed by atoms with van der Waals surface area (Å²) in [6.07, 6.45) is 4.52. The van der Waals surface area contributed by atoms with Gasteiger partial charge in [-0.1, -0.05) is 12.1 Å². The molecule has 8 nitrogen and oxygen atoms in total. The third-order valence-corrected chi connectivity index (χ3v) is 6.48. The highest BCUT2D eigenvalue weighted by Crippen LogP contribution is 2.25. The molecule has 2 aliphatic heterocycles. The van der Waals surface area contributed by atoms with Crippen LogP contribution in [0.5, 0.6) is 0 Å². The Hall–Kier alpha value is -2.77. The van der Waals surface area contributed by atoms with Crippen molar-refractivity contribution in [1.82, 2.24) is 9.80 Å². The molecule has 188 valence electrons. The van der Waals surface area contributed by atoms with Crippen LogP contribution in [0.25, 0.3) is 0 Å². The highest BCUT2D eigenvalue weighted by molar-refractivity contribution is 5.92. The van der Waals surface area contributed by atoms with Crippen molar-refractivity contribution in [3.8, 4) is 0 Å². The molecule has 3 amide bonds. The molecule has 1 aromatic carbocycles. The summed E-state index contributed by atoms with van der Waals surface area (Å²) in [4.78, 5) is 42.3. The summed E-state index contributed by atoms with van der Waals surface area (Å²) in [6, 6.07) is 7.92. The number of esters is 1. The number of amides is 3. The van der Waals surface area contributed by atoms with Gasteiger partial charge in [-0.2, -0.15) is 0 Å². The second-order valence-corrected chi connectivity index (χ2v) is 10.2. The molecule has 34 heavy (non-hydrogen) atoms. The van der Waals surface area contributed by atoms with Crippen LogP contribution in [0.2, 0.25) is 0 Å². The number of carbonyl (C=O) groups is 3. The van der Waals surface area contributed by atoms with Crippen molar-refractivity contribution < 1.29 is 23.9 Å². The molecule has 8 heteroatoms. The maximum Gasteiger partial charge on any atom is 0.410 e. The van der Waals surface area contributed by atoms with E-state index in [-0.39, 0.29) is 18.1 Å². The number of anilines is 1. The molecule has 0 spiro atoms. The molecule has 0 aromatic heterocycles. The molecular formula is C26H39N3O5. The van der Waals surface area contributed by atoms with Crippen LogP contribution in [0.3, 0.4) is 0 Å². The third kappa shape index (κ3) is 7.37. The fourth-order valence-corrected chi connectivity index (χ4v) is 4.49. The van der Waals surface area contributed by atoms with Crippen molar-refractivity contribution in [2.24, 2.45) is 5.92 Å². The maximum absolute atomic E-state index is 13.1. The van der Waals surface area contributed by atoms with Crippen LogP contribution >= 0.6 is 0 Å². The second kappa shape index (κ2) is 11.6. The Morgan fingerprint density at radius 3 is 2.32 bits per heavy atom. The first-order valence-electron chi connectivity index (χ1n) is 12.4. The van der Waals surface area contributed by atoms with Gasteiger partial charge in [-0.15, -0.1) is 0 Å². The van der Waals surface area contributed by atoms with E-state index in [9.17, 15) is 14.4 Å². The lowest BCUT2D eigenvalue weighted by atomic mass is 9.93. The van der Waals surface area contributed by atoms with Crippen molar-refractivity contribution in [2.75, 3.05) is 44.7 Å². The van der Waals surface area contributed by atoms with Crippen molar-refractivity contribution >= 4 is 23.8 Å². The third-order valence-electron chi connectivity index (χ3n) is 6.48. The van der Waals surface area contributed by atoms with Gasteiger partial charge in [0.2, 0.25) is 0 Å². The number of likely N-dealkylation sites (tertiary alicyclic amines) is 1. The summed E-state index contributed by atoms with van der Waals surface area (Å²) in [6.45, 7) is 9.31. The van der Waals surface area contributed by atoms with E-state index >= 15 is 0 Å². The van der Waals surface area contributed by atoms with Crippen molar-refractivity contribution in [2.45, 2.75) is 64.9 Å². The van der Waals surface area contributed by atoms with Gasteiger partial charge >= 0.3 is 18.1 Å². The van der Waals surface area contributed by atoms with Gasteiger partial charge in [0.15, 0.2) is 0 Å². The number of benzene rings is 1. The first kappa shape index (κ1) is 25.8. The molecule has 0 atom stereocenters. The molecule has 0 radical (unpaired) electrons. The van der Waals surface area contributed by atoms with Crippen LogP contribution in [-0.4, -0.2) is 73.3 Å². The predicted molar refractivity (Wildman–Crippen MR) is 131 cm³/mol. The van der Waals surface area contributed by atoms with Crippen LogP contribution in [0.1, 0.15) is 58.4 Å². The molecule has 0 N–H and O–H groups in total. The maximum atomic E-state index is 13.1. The Morgan fingerprint density at radius 2 is 1.71 bits per heavy atom. The summed E-state index contributed by atoms with van der Waals surface area (Å²) < 4.78 is 10.2. The van der Waals surface area contributed by atoms with Gasteiger partial charge in [0, 0.05) is 44.8 Å². The largest absolute Gasteiger partial charge is 0.469 e. The smallest absolute Gasteiger partial charge is 0.410 e. The van der Waals surface area contributed by atoms with E-state index in [4.69, 9.17) is 9.47 Å². The van der Waals surface area contributed by atoms with E-state index in [0.29, 0.717) is 38.4 Å². The molecule has 2 heterocycles. The number of rotatable bonds is 7. The highest BCUT2D eigenvalue weighted by Gasteiger charge is 2.30. The van der Waals surface area contributed by atoms with Crippen molar-refractivity contribution in [3.63, 3.8) is 0 Å². The molecule has 0 saturated carbocycles. The minimum atomic E-state index is -0.474. The number of carbonyl (C=O) groups excluding carboxylic acids is 3. The SMILES string of the molecule is COC(=O)CCc1ccc(N2CCCN(CCC3CCN(C(=O)OC(C)(C)C)CC3)C2=O)cc1. The summed E-state index contributed by atoms with van der Waals surface area (Å²) in [5, 5.41) is 0. The van der Waals surface area contributed by atoms with E-state index in [1.807, 2.05) is 54.8 Å². The molecule has 2 aliphatic rings. The number of ether oxygens (including phenoxy) is 2. The molecule has 1 aromatic rings. The van der Waals surface area contributed by atoms with Crippen LogP contribution in [0.15, 0.2) is 24.3 Å². The van der Waals surface area contributed by atoms with E-state index in [1.54, 1.807) is 4.90 Å². The van der Waals surface area contributed by atoms with Gasteiger partial charge in [0.05, 0.1) is 7.11 Å². The minimum Gasteiger partial charge on any atom is -0.469 e. The number of piperidine rings is 1. The fourth-order valence-electron chi connectivity index (χ4n) is 4.49. The van der Waals surface area contributed by atoms with E-state index in [0.717, 1.165) is 50.0 Å². The Morgan fingerprint density at radius 1 is 1.03 bits per heavy atom. The van der Waals surface area contributed by atoms with Gasteiger partial charge in [-0.3, -0.25) is 9.69 Å². The van der Waals surface area contributed by atoms with E-state index < -0.39 is 5.60 Å². The number of hydrogen-bond donors (Lipinski definition) is 0. The average Bonchev–Trinajstić information content (AvgIpc) is 2.81. The zero-order chi connectivity index (χ0) is 24.7. The lowest BCUT2D eigenvalue weighted by Crippen LogP contribution is -2.50. The molecule has 0 unspecified atom stereocenters. The molecular weight excluding hydrogens is 434 g/mol. The quantitative estimate of drug-likeness (QED) is 0.546. The van der Waals surface area contributed by atoms with Gasteiger partial charge in [0.25, 0.3) is 0 Å². The zero-order valence-corrected chi connectivity index (χ0v) is 21.0. The van der Waals surface area contributed by atoms with Crippen LogP contribution in [0, 0.1) is 5.92 Å². The summed E-state index contributed by atoms with van der Waals surface area (Å²) >= 11 is 0. The molecule has 0 bridgehead atoms. The van der Waals surface area contributed by atoms with Crippen LogP contribution in [0.4, 0.5) is 15.3 Å². The number of urea groups is 1. The number of nitrogens with zero attached hydrogens (tertiary/aromatic N) is 3. The average molecular weight is 474 g/mol. The molecule has 2 saturated heterocycles. The Balaban J connectivity index is 1.46. The Bertz CT molecular complexity index is 841.